The molecule has 8 nitrogen and oxygen atoms in total. The Labute approximate surface area is 150 Å². The van der Waals surface area contributed by atoms with E-state index >= 15 is 0 Å². The molecular formula is C16H15F3O8. The van der Waals surface area contributed by atoms with Crippen LogP contribution in [-0.4, -0.2) is 47.3 Å². The Balaban J connectivity index is 4.05. The Kier molecular flexibility index (Phi) is 6.55. The predicted molar refractivity (Wildman–Crippen MR) is 80.9 cm³/mol. The summed E-state index contributed by atoms with van der Waals surface area (Å²) in [4.78, 5) is 46.8. The van der Waals surface area contributed by atoms with Crippen molar-refractivity contribution in [3.05, 3.63) is 34.1 Å². The SMILES string of the molecule is CCOC(=O)C(C)(C(=O)OCC)c1c(F)c(F)c(C(=O)O)c(C(=O)O)c1F. The van der Waals surface area contributed by atoms with E-state index in [1.54, 1.807) is 0 Å². The molecule has 0 radical (unpaired) electrons. The van der Waals surface area contributed by atoms with Gasteiger partial charge in [0.2, 0.25) is 0 Å². The van der Waals surface area contributed by atoms with Crippen molar-refractivity contribution >= 4 is 23.9 Å². The van der Waals surface area contributed by atoms with Crippen LogP contribution in [0.2, 0.25) is 0 Å². The second-order valence-corrected chi connectivity index (χ2v) is 5.24. The van der Waals surface area contributed by atoms with Gasteiger partial charge in [-0.05, 0) is 20.8 Å². The van der Waals surface area contributed by atoms with E-state index < -0.39 is 63.4 Å². The summed E-state index contributed by atoms with van der Waals surface area (Å²) < 4.78 is 52.8. The third kappa shape index (κ3) is 3.57. The minimum Gasteiger partial charge on any atom is -0.478 e. The van der Waals surface area contributed by atoms with Gasteiger partial charge in [0.15, 0.2) is 17.0 Å². The molecule has 0 aliphatic heterocycles. The number of carbonyl (C=O) groups is 4. The van der Waals surface area contributed by atoms with E-state index in [0.717, 1.165) is 0 Å². The smallest absolute Gasteiger partial charge is 0.339 e. The topological polar surface area (TPSA) is 127 Å². The van der Waals surface area contributed by atoms with Crippen LogP contribution in [0.5, 0.6) is 0 Å². The zero-order chi connectivity index (χ0) is 21.1. The molecule has 0 amide bonds. The van der Waals surface area contributed by atoms with Crippen molar-refractivity contribution in [3.63, 3.8) is 0 Å². The summed E-state index contributed by atoms with van der Waals surface area (Å²) in [5.74, 6) is -14.2. The van der Waals surface area contributed by atoms with Gasteiger partial charge < -0.3 is 19.7 Å². The number of ether oxygens (including phenoxy) is 2. The predicted octanol–water partition coefficient (Wildman–Crippen LogP) is 1.88. The first-order valence-corrected chi connectivity index (χ1v) is 7.48. The summed E-state index contributed by atoms with van der Waals surface area (Å²) in [6.07, 6.45) is 0. The van der Waals surface area contributed by atoms with Crippen LogP contribution in [-0.2, 0) is 24.5 Å². The molecule has 0 heterocycles. The van der Waals surface area contributed by atoms with Gasteiger partial charge in [-0.2, -0.15) is 0 Å². The average molecular weight is 392 g/mol. The number of benzene rings is 1. The summed E-state index contributed by atoms with van der Waals surface area (Å²) in [7, 11) is 0. The fraction of sp³-hybridized carbons (Fsp3) is 0.375. The molecule has 1 aromatic carbocycles. The standard InChI is InChI=1S/C16H15F3O8/c1-4-26-14(24)16(3,15(25)27-5-2)8-9(17)6(12(20)21)7(13(22)23)10(18)11(8)19/h4-5H2,1-3H3,(H,20,21)(H,22,23). The Morgan fingerprint density at radius 3 is 1.52 bits per heavy atom. The lowest BCUT2D eigenvalue weighted by Gasteiger charge is -2.27. The molecule has 0 bridgehead atoms. The zero-order valence-electron chi connectivity index (χ0n) is 14.4. The first kappa shape index (κ1) is 21.9. The minimum atomic E-state index is -2.93. The third-order valence-corrected chi connectivity index (χ3v) is 3.62. The Morgan fingerprint density at radius 2 is 1.19 bits per heavy atom. The molecule has 0 aliphatic carbocycles. The quantitative estimate of drug-likeness (QED) is 0.409. The lowest BCUT2D eigenvalue weighted by Crippen LogP contribution is -2.45. The zero-order valence-corrected chi connectivity index (χ0v) is 14.4. The highest BCUT2D eigenvalue weighted by Crippen LogP contribution is 2.36. The lowest BCUT2D eigenvalue weighted by atomic mass is 9.79. The van der Waals surface area contributed by atoms with Crippen molar-refractivity contribution in [1.29, 1.82) is 0 Å². The molecule has 1 rings (SSSR count). The normalized spacial score (nSPS) is 11.0. The van der Waals surface area contributed by atoms with Crippen LogP contribution in [0, 0.1) is 17.5 Å². The molecule has 0 spiro atoms. The van der Waals surface area contributed by atoms with Crippen molar-refractivity contribution in [2.24, 2.45) is 0 Å². The molecule has 0 unspecified atom stereocenters. The summed E-state index contributed by atoms with van der Waals surface area (Å²) >= 11 is 0. The maximum atomic E-state index is 14.8. The van der Waals surface area contributed by atoms with Gasteiger partial charge in [0.05, 0.1) is 18.8 Å². The molecule has 0 aromatic heterocycles. The monoisotopic (exact) mass is 392 g/mol. The molecule has 2 N–H and O–H groups in total. The largest absolute Gasteiger partial charge is 0.478 e. The van der Waals surface area contributed by atoms with Crippen LogP contribution in [0.25, 0.3) is 0 Å². The lowest BCUT2D eigenvalue weighted by molar-refractivity contribution is -0.164. The summed E-state index contributed by atoms with van der Waals surface area (Å²) in [6.45, 7) is 2.60. The summed E-state index contributed by atoms with van der Waals surface area (Å²) in [5.41, 5.74) is -8.10. The minimum absolute atomic E-state index is 0.335. The molecular weight excluding hydrogens is 377 g/mol. The van der Waals surface area contributed by atoms with Crippen molar-refractivity contribution in [3.8, 4) is 0 Å². The van der Waals surface area contributed by atoms with Gasteiger partial charge in [-0.3, -0.25) is 9.59 Å². The summed E-state index contributed by atoms with van der Waals surface area (Å²) in [5, 5.41) is 18.0. The van der Waals surface area contributed by atoms with E-state index in [2.05, 4.69) is 9.47 Å². The number of hydrogen-bond donors (Lipinski definition) is 2. The Hall–Kier alpha value is -3.11. The molecule has 0 aliphatic rings. The highest BCUT2D eigenvalue weighted by atomic mass is 19.2. The first-order valence-electron chi connectivity index (χ1n) is 7.48. The van der Waals surface area contributed by atoms with Crippen molar-refractivity contribution in [1.82, 2.24) is 0 Å². The fourth-order valence-corrected chi connectivity index (χ4v) is 2.34. The van der Waals surface area contributed by atoms with Crippen LogP contribution in [0.15, 0.2) is 0 Å². The van der Waals surface area contributed by atoms with E-state index in [4.69, 9.17) is 10.2 Å². The van der Waals surface area contributed by atoms with Crippen molar-refractivity contribution < 1.29 is 52.0 Å². The van der Waals surface area contributed by atoms with E-state index in [0.29, 0.717) is 6.92 Å². The van der Waals surface area contributed by atoms with Crippen molar-refractivity contribution in [2.45, 2.75) is 26.2 Å². The molecule has 0 saturated carbocycles. The molecule has 0 fully saturated rings. The maximum Gasteiger partial charge on any atom is 0.339 e. The molecule has 1 aromatic rings. The molecule has 0 atom stereocenters. The number of carboxylic acids is 2. The molecule has 0 saturated heterocycles. The average Bonchev–Trinajstić information content (AvgIpc) is 2.57. The van der Waals surface area contributed by atoms with Gasteiger partial charge in [0.1, 0.15) is 16.9 Å². The van der Waals surface area contributed by atoms with E-state index in [-0.39, 0.29) is 13.2 Å². The highest BCUT2D eigenvalue weighted by Gasteiger charge is 2.52. The van der Waals surface area contributed by atoms with Crippen molar-refractivity contribution in [2.75, 3.05) is 13.2 Å². The van der Waals surface area contributed by atoms with E-state index in [9.17, 15) is 32.3 Å². The number of halogens is 3. The number of carbonyl (C=O) groups excluding carboxylic acids is 2. The van der Waals surface area contributed by atoms with Crippen LogP contribution in [0.4, 0.5) is 13.2 Å². The number of rotatable bonds is 7. The Bertz CT molecular complexity index is 801. The van der Waals surface area contributed by atoms with Crippen LogP contribution >= 0.6 is 0 Å². The van der Waals surface area contributed by atoms with Gasteiger partial charge in [0, 0.05) is 0 Å². The van der Waals surface area contributed by atoms with Gasteiger partial charge >= 0.3 is 23.9 Å². The molecule has 11 heteroatoms. The molecule has 148 valence electrons. The number of aromatic carboxylic acids is 2. The highest BCUT2D eigenvalue weighted by molar-refractivity contribution is 6.08. The van der Waals surface area contributed by atoms with Gasteiger partial charge in [-0.1, -0.05) is 0 Å². The number of carboxylic acid groups (broad SMARTS) is 2. The number of hydrogen-bond acceptors (Lipinski definition) is 6. The van der Waals surface area contributed by atoms with Gasteiger partial charge in [-0.15, -0.1) is 0 Å². The van der Waals surface area contributed by atoms with Gasteiger partial charge in [-0.25, -0.2) is 22.8 Å². The summed E-state index contributed by atoms with van der Waals surface area (Å²) in [6, 6.07) is 0. The van der Waals surface area contributed by atoms with Gasteiger partial charge in [0.25, 0.3) is 0 Å². The van der Waals surface area contributed by atoms with E-state index in [1.807, 2.05) is 0 Å². The second-order valence-electron chi connectivity index (χ2n) is 5.24. The van der Waals surface area contributed by atoms with E-state index in [1.165, 1.54) is 13.8 Å². The number of esters is 2. The molecule has 27 heavy (non-hydrogen) atoms. The second kappa shape index (κ2) is 8.06. The maximum absolute atomic E-state index is 14.8. The van der Waals surface area contributed by atoms with Crippen LogP contribution in [0.3, 0.4) is 0 Å². The Morgan fingerprint density at radius 1 is 0.815 bits per heavy atom. The first-order chi connectivity index (χ1) is 12.5. The van der Waals surface area contributed by atoms with Crippen LogP contribution in [0.1, 0.15) is 47.1 Å². The van der Waals surface area contributed by atoms with Crippen LogP contribution < -0.4 is 0 Å². The third-order valence-electron chi connectivity index (χ3n) is 3.62. The fourth-order valence-electron chi connectivity index (χ4n) is 2.34.